The van der Waals surface area contributed by atoms with E-state index in [-0.39, 0.29) is 73.3 Å². The van der Waals surface area contributed by atoms with Gasteiger partial charge in [0.15, 0.2) is 24.0 Å². The van der Waals surface area contributed by atoms with Crippen LogP contribution in [0.25, 0.3) is 44.0 Å². The van der Waals surface area contributed by atoms with E-state index in [1.165, 1.54) is 107 Å². The van der Waals surface area contributed by atoms with Gasteiger partial charge < -0.3 is 59.7 Å². The molecule has 6 N–H and O–H groups in total. The number of fused-ring (bicyclic) bond motifs is 6. The number of aromatic nitrogens is 4. The standard InChI is InChI=1S/C24H32N2O.C22H26N2O.C22H28N2O.C22H26N2O.2C20H22N2O2/c1-23(2,3)18-10-7-17(8-11-18)9-14-22(27)25-19-12-13-20-21(15-19)26(6)16-24(20,4)5;1-22(2,3)18-9-5-16(6-10-18)7-12-21(25)23-19-11-8-17-13-14-24(4)20(17)15-19;2*1-22(2,3)18-8-5-16(6-9-18)7-12-21(25)23-19-10-11-20-17(15-19)13-14-24(20)4;1-20(2,3)15-7-4-14(5-8-15)6-11-19(23)22-16-9-10-18-17(12-16)21-13-24-18;1-20(2,3)15-7-4-14(5-8-15)6-11-19(23)22-16-9-10-17-18(12-16)24-13-21-17/h7-8,10-13,15H,9,14,16H2,1-6H3,(H,25,27);5-6,8-11,13-15H,7,12H2,1-4H3,(H,23,25);5-6,8-11,15H,7,12-14H2,1-4H3,(H,23,25);5-6,8-11,13-15H,7,12H2,1-4H3,(H,23,25);2*4-5,7-10,12-13H,6,11H2,1-3H3,(H,22,23). The van der Waals surface area contributed by atoms with E-state index >= 15 is 0 Å². The molecule has 0 aliphatic carbocycles. The molecule has 0 saturated carbocycles. The number of rotatable bonds is 24. The molecular formula is C130H156N12O8. The summed E-state index contributed by atoms with van der Waals surface area (Å²) in [6, 6.07) is 90.9. The van der Waals surface area contributed by atoms with E-state index in [9.17, 15) is 28.8 Å². The lowest BCUT2D eigenvalue weighted by molar-refractivity contribution is -0.117. The summed E-state index contributed by atoms with van der Waals surface area (Å²) in [4.78, 5) is 86.1. The Hall–Kier alpha value is -14.9. The number of oxazole rings is 2. The molecule has 2 aliphatic rings. The average molecular weight is 2010 g/mol. The van der Waals surface area contributed by atoms with Crippen LogP contribution in [-0.4, -0.2) is 81.7 Å². The van der Waals surface area contributed by atoms with Crippen LogP contribution < -0.4 is 41.7 Å². The summed E-state index contributed by atoms with van der Waals surface area (Å²) in [5.41, 5.74) is 31.4. The largest absolute Gasteiger partial charge is 0.443 e. The van der Waals surface area contributed by atoms with Gasteiger partial charge in [0, 0.05) is 166 Å². The maximum absolute atomic E-state index is 12.4. The van der Waals surface area contributed by atoms with Crippen molar-refractivity contribution >= 4 is 125 Å². The van der Waals surface area contributed by atoms with Gasteiger partial charge in [0.2, 0.25) is 35.4 Å². The van der Waals surface area contributed by atoms with Gasteiger partial charge in [-0.25, -0.2) is 9.97 Å². The summed E-state index contributed by atoms with van der Waals surface area (Å²) in [6.45, 7) is 46.3. The van der Waals surface area contributed by atoms with E-state index in [2.05, 4.69) is 395 Å². The molecule has 0 unspecified atom stereocenters. The van der Waals surface area contributed by atoms with Gasteiger partial charge in [0.1, 0.15) is 11.0 Å². The molecule has 18 rings (SSSR count). The first-order valence-electron chi connectivity index (χ1n) is 52.7. The minimum Gasteiger partial charge on any atom is -0.443 e. The third kappa shape index (κ3) is 32.5. The number of nitrogens with one attached hydrogen (secondary N) is 6. The maximum atomic E-state index is 12.4. The summed E-state index contributed by atoms with van der Waals surface area (Å²) in [5, 5.41) is 20.2. The second-order valence-corrected chi connectivity index (χ2v) is 46.9. The predicted octanol–water partition coefficient (Wildman–Crippen LogP) is 29.3. The van der Waals surface area contributed by atoms with Gasteiger partial charge in [-0.2, -0.15) is 0 Å². The summed E-state index contributed by atoms with van der Waals surface area (Å²) in [7, 11) is 8.25. The van der Waals surface area contributed by atoms with Crippen LogP contribution in [0.2, 0.25) is 0 Å². The zero-order valence-corrected chi connectivity index (χ0v) is 92.8. The summed E-state index contributed by atoms with van der Waals surface area (Å²) in [6.07, 6.45) is 15.3. The van der Waals surface area contributed by atoms with Crippen molar-refractivity contribution in [3.05, 3.63) is 370 Å². The maximum Gasteiger partial charge on any atom is 0.224 e. The molecule has 20 heteroatoms. The predicted molar refractivity (Wildman–Crippen MR) is 623 cm³/mol. The zero-order chi connectivity index (χ0) is 108. The molecule has 150 heavy (non-hydrogen) atoms. The van der Waals surface area contributed by atoms with Crippen LogP contribution in [0.15, 0.2) is 301 Å². The molecule has 0 atom stereocenters. The number of nitrogens with zero attached hydrogens (tertiary/aromatic N) is 6. The van der Waals surface area contributed by atoms with E-state index in [1.54, 1.807) is 6.07 Å². The first kappa shape index (κ1) is 112. The molecule has 784 valence electrons. The second kappa shape index (κ2) is 49.0. The fourth-order valence-electron chi connectivity index (χ4n) is 18.4. The Bertz CT molecular complexity index is 7140. The highest BCUT2D eigenvalue weighted by atomic mass is 16.3. The molecule has 6 heterocycles. The van der Waals surface area contributed by atoms with Crippen LogP contribution in [0.3, 0.4) is 0 Å². The Morgan fingerprint density at radius 3 is 1.01 bits per heavy atom. The molecule has 2 aliphatic heterocycles. The van der Waals surface area contributed by atoms with Crippen LogP contribution in [-0.2, 0) is 126 Å². The van der Waals surface area contributed by atoms with Crippen molar-refractivity contribution in [2.24, 2.45) is 14.1 Å². The molecule has 0 spiro atoms. The number of anilines is 8. The Morgan fingerprint density at radius 2 is 0.607 bits per heavy atom. The Labute approximate surface area is 888 Å². The lowest BCUT2D eigenvalue weighted by Crippen LogP contribution is -2.24. The number of likely N-dealkylation sites (N-methyl/N-ethyl adjacent to an activating group) is 2. The van der Waals surface area contributed by atoms with E-state index in [0.29, 0.717) is 49.7 Å². The number of benzene rings is 12. The van der Waals surface area contributed by atoms with E-state index in [4.69, 9.17) is 8.83 Å². The number of carbonyl (C=O) groups excluding carboxylic acids is 6. The second-order valence-electron chi connectivity index (χ2n) is 46.9. The summed E-state index contributed by atoms with van der Waals surface area (Å²) < 4.78 is 14.6. The first-order valence-corrected chi connectivity index (χ1v) is 52.7. The van der Waals surface area contributed by atoms with Gasteiger partial charge in [0.05, 0.1) is 0 Å². The quantitative estimate of drug-likeness (QED) is 0.0331. The fraction of sp³-hybridized carbons (Fsp3) is 0.354. The van der Waals surface area contributed by atoms with Crippen molar-refractivity contribution in [1.82, 2.24) is 19.1 Å². The van der Waals surface area contributed by atoms with Gasteiger partial charge >= 0.3 is 0 Å². The number of hydrogen-bond acceptors (Lipinski definition) is 12. The Kier molecular flexibility index (Phi) is 36.7. The van der Waals surface area contributed by atoms with Crippen molar-refractivity contribution in [3.8, 4) is 0 Å². The molecule has 4 aromatic heterocycles. The minimum atomic E-state index is -0.00577. The lowest BCUT2D eigenvalue weighted by Gasteiger charge is -2.19. The van der Waals surface area contributed by atoms with Gasteiger partial charge in [-0.3, -0.25) is 28.8 Å². The van der Waals surface area contributed by atoms with Crippen molar-refractivity contribution in [2.45, 2.75) is 260 Å². The molecule has 0 saturated heterocycles. The van der Waals surface area contributed by atoms with Crippen molar-refractivity contribution in [1.29, 1.82) is 0 Å². The van der Waals surface area contributed by atoms with Gasteiger partial charge in [-0.15, -0.1) is 0 Å². The topological polar surface area (TPSA) is 243 Å². The highest BCUT2D eigenvalue weighted by Gasteiger charge is 2.34. The van der Waals surface area contributed by atoms with Crippen LogP contribution >= 0.6 is 0 Å². The minimum absolute atomic E-state index is 0.00209. The van der Waals surface area contributed by atoms with E-state index in [1.807, 2.05) is 105 Å². The highest BCUT2D eigenvalue weighted by Crippen LogP contribution is 2.42. The number of carbonyl (C=O) groups is 6. The lowest BCUT2D eigenvalue weighted by atomic mass is 9.86. The fourth-order valence-corrected chi connectivity index (χ4v) is 18.4. The molecule has 20 nitrogen and oxygen atoms in total. The molecular weight excluding hydrogens is 1860 g/mol. The smallest absolute Gasteiger partial charge is 0.224 e. The van der Waals surface area contributed by atoms with Crippen molar-refractivity contribution in [2.75, 3.05) is 68.9 Å². The average Bonchev–Trinajstić information content (AvgIpc) is 1.63. The van der Waals surface area contributed by atoms with Gasteiger partial charge in [-0.1, -0.05) is 296 Å². The Morgan fingerprint density at radius 1 is 0.293 bits per heavy atom. The zero-order valence-electron chi connectivity index (χ0n) is 92.8. The van der Waals surface area contributed by atoms with Gasteiger partial charge in [0.25, 0.3) is 0 Å². The monoisotopic (exact) mass is 2010 g/mol. The van der Waals surface area contributed by atoms with E-state index < -0.39 is 0 Å². The van der Waals surface area contributed by atoms with Gasteiger partial charge in [-0.05, 0) is 264 Å². The van der Waals surface area contributed by atoms with Crippen molar-refractivity contribution < 1.29 is 37.6 Å². The molecule has 0 bridgehead atoms. The van der Waals surface area contributed by atoms with Crippen LogP contribution in [0.1, 0.15) is 255 Å². The third-order valence-electron chi connectivity index (χ3n) is 27.9. The molecule has 0 fully saturated rings. The molecule has 6 amide bonds. The highest BCUT2D eigenvalue weighted by molar-refractivity contribution is 5.98. The first-order chi connectivity index (χ1) is 70.9. The Balaban J connectivity index is 0.000000150. The number of hydrogen-bond donors (Lipinski definition) is 6. The number of amides is 6. The SMILES string of the molecule is CC(C)(C)c1ccc(CCC(=O)Nc2ccc3ncoc3c2)cc1.CC(C)(C)c1ccc(CCC(=O)Nc2ccc3ocnc3c2)cc1.CN1CC(C)(C)c2ccc(NC(=O)CCc3ccc(C(C)(C)C)cc3)cc21.CN1CCc2cc(NC(=O)CCc3ccc(C(C)(C)C)cc3)ccc21.Cn1ccc2cc(NC(=O)CCc3ccc(C(C)(C)C)cc3)ccc21.Cn1ccc2ccc(NC(=O)CCc3ccc(C(C)(C)C)cc3)cc21. The normalized spacial score (nSPS) is 12.7. The summed E-state index contributed by atoms with van der Waals surface area (Å²) >= 11 is 0. The summed E-state index contributed by atoms with van der Waals surface area (Å²) in [5.74, 6) is 0.232. The van der Waals surface area contributed by atoms with Crippen LogP contribution in [0.5, 0.6) is 0 Å². The van der Waals surface area contributed by atoms with Crippen molar-refractivity contribution in [3.63, 3.8) is 0 Å². The number of aryl methyl sites for hydroxylation is 8. The van der Waals surface area contributed by atoms with E-state index in [0.717, 1.165) is 120 Å². The van der Waals surface area contributed by atoms with Crippen LogP contribution in [0, 0.1) is 0 Å². The third-order valence-corrected chi connectivity index (χ3v) is 27.9. The molecule has 16 aromatic rings. The molecule has 12 aromatic carbocycles. The molecule has 0 radical (unpaired) electrons. The van der Waals surface area contributed by atoms with Crippen LogP contribution in [0.4, 0.5) is 45.5 Å².